The Labute approximate surface area is 195 Å². The average Bonchev–Trinajstić information content (AvgIpc) is 3.16. The van der Waals surface area contributed by atoms with E-state index in [-0.39, 0.29) is 30.6 Å². The lowest BCUT2D eigenvalue weighted by Gasteiger charge is -2.29. The molecule has 1 saturated heterocycles. The number of carbonyl (C=O) groups excluding carboxylic acids is 4. The lowest BCUT2D eigenvalue weighted by molar-refractivity contribution is -0.136. The molecular weight excluding hydrogens is 434 g/mol. The molecule has 0 radical (unpaired) electrons. The van der Waals surface area contributed by atoms with Crippen LogP contribution in [0.2, 0.25) is 0 Å². The van der Waals surface area contributed by atoms with E-state index in [9.17, 15) is 19.2 Å². The van der Waals surface area contributed by atoms with E-state index in [1.165, 1.54) is 11.8 Å². The van der Waals surface area contributed by atoms with E-state index in [1.54, 1.807) is 48.7 Å². The molecule has 9 heteroatoms. The third kappa shape index (κ3) is 3.92. The summed E-state index contributed by atoms with van der Waals surface area (Å²) >= 11 is 0. The molecule has 2 aliphatic rings. The second-order valence-corrected chi connectivity index (χ2v) is 8.26. The molecule has 1 fully saturated rings. The quantitative estimate of drug-likeness (QED) is 0.448. The van der Waals surface area contributed by atoms with Gasteiger partial charge in [0.25, 0.3) is 5.91 Å². The molecule has 2 aromatic carbocycles. The molecule has 0 saturated carbocycles. The summed E-state index contributed by atoms with van der Waals surface area (Å²) < 4.78 is 0. The van der Waals surface area contributed by atoms with Gasteiger partial charge >= 0.3 is 0 Å². The number of piperidine rings is 1. The first kappa shape index (κ1) is 21.4. The van der Waals surface area contributed by atoms with Gasteiger partial charge in [-0.3, -0.25) is 24.5 Å². The van der Waals surface area contributed by atoms with Crippen LogP contribution in [-0.4, -0.2) is 44.4 Å². The number of aromatic nitrogens is 2. The number of ketones is 1. The van der Waals surface area contributed by atoms with Crippen LogP contribution in [0.15, 0.2) is 54.7 Å². The van der Waals surface area contributed by atoms with Crippen molar-refractivity contribution in [2.75, 3.05) is 5.32 Å². The number of benzene rings is 2. The SMILES string of the molecule is CC(=O)c1ccc(-c2nccc(Nc3cccc4c3CN(C3CCC(=O)NC3=O)C4=O)n2)cc1. The van der Waals surface area contributed by atoms with Crippen LogP contribution in [0.1, 0.15) is 46.0 Å². The number of carbonyl (C=O) groups is 4. The molecule has 0 bridgehead atoms. The summed E-state index contributed by atoms with van der Waals surface area (Å²) in [6, 6.07) is 13.5. The minimum atomic E-state index is -0.672. The lowest BCUT2D eigenvalue weighted by atomic mass is 10.0. The zero-order chi connectivity index (χ0) is 23.8. The number of anilines is 2. The smallest absolute Gasteiger partial charge is 0.255 e. The molecule has 1 atom stereocenters. The normalized spacial score (nSPS) is 17.4. The van der Waals surface area contributed by atoms with Gasteiger partial charge in [-0.1, -0.05) is 30.3 Å². The van der Waals surface area contributed by atoms with Gasteiger partial charge in [-0.2, -0.15) is 0 Å². The van der Waals surface area contributed by atoms with Gasteiger partial charge in [0, 0.05) is 47.1 Å². The highest BCUT2D eigenvalue weighted by Crippen LogP contribution is 2.33. The van der Waals surface area contributed by atoms with Gasteiger partial charge in [0.15, 0.2) is 11.6 Å². The maximum atomic E-state index is 13.0. The van der Waals surface area contributed by atoms with Crippen LogP contribution in [0.25, 0.3) is 11.4 Å². The molecular formula is C25H21N5O4. The first-order valence-electron chi connectivity index (χ1n) is 10.9. The highest BCUT2D eigenvalue weighted by atomic mass is 16.2. The third-order valence-electron chi connectivity index (χ3n) is 6.05. The number of amides is 3. The number of hydrogen-bond acceptors (Lipinski definition) is 7. The molecule has 0 aliphatic carbocycles. The van der Waals surface area contributed by atoms with Gasteiger partial charge in [0.05, 0.1) is 0 Å². The molecule has 3 aromatic rings. The summed E-state index contributed by atoms with van der Waals surface area (Å²) in [7, 11) is 0. The zero-order valence-electron chi connectivity index (χ0n) is 18.4. The maximum Gasteiger partial charge on any atom is 0.255 e. The van der Waals surface area contributed by atoms with Crippen molar-refractivity contribution in [3.8, 4) is 11.4 Å². The van der Waals surface area contributed by atoms with Crippen molar-refractivity contribution in [1.29, 1.82) is 0 Å². The van der Waals surface area contributed by atoms with Crippen LogP contribution in [0.4, 0.5) is 11.5 Å². The number of rotatable bonds is 5. The third-order valence-corrected chi connectivity index (χ3v) is 6.05. The van der Waals surface area contributed by atoms with E-state index >= 15 is 0 Å². The second-order valence-electron chi connectivity index (χ2n) is 8.26. The van der Waals surface area contributed by atoms with Crippen molar-refractivity contribution in [2.24, 2.45) is 0 Å². The Kier molecular flexibility index (Phi) is 5.37. The Bertz CT molecular complexity index is 1340. The fraction of sp³-hybridized carbons (Fsp3) is 0.200. The predicted molar refractivity (Wildman–Crippen MR) is 123 cm³/mol. The van der Waals surface area contributed by atoms with Crippen molar-refractivity contribution in [3.05, 3.63) is 71.4 Å². The van der Waals surface area contributed by atoms with Crippen molar-refractivity contribution < 1.29 is 19.2 Å². The van der Waals surface area contributed by atoms with E-state index in [0.717, 1.165) is 11.1 Å². The minimum absolute atomic E-state index is 0.0123. The van der Waals surface area contributed by atoms with Crippen LogP contribution in [0.5, 0.6) is 0 Å². The monoisotopic (exact) mass is 455 g/mol. The Morgan fingerprint density at radius 2 is 1.88 bits per heavy atom. The van der Waals surface area contributed by atoms with Crippen molar-refractivity contribution in [1.82, 2.24) is 20.2 Å². The maximum absolute atomic E-state index is 13.0. The van der Waals surface area contributed by atoms with Crippen LogP contribution >= 0.6 is 0 Å². The molecule has 5 rings (SSSR count). The summed E-state index contributed by atoms with van der Waals surface area (Å²) in [6.45, 7) is 1.77. The summed E-state index contributed by atoms with van der Waals surface area (Å²) in [4.78, 5) is 58.8. The molecule has 34 heavy (non-hydrogen) atoms. The average molecular weight is 455 g/mol. The van der Waals surface area contributed by atoms with Gasteiger partial charge in [0.1, 0.15) is 11.9 Å². The molecule has 9 nitrogen and oxygen atoms in total. The molecule has 3 amide bonds. The summed E-state index contributed by atoms with van der Waals surface area (Å²) in [5.41, 5.74) is 3.37. The standard InChI is InChI=1S/C25H21N5O4/c1-14(31)15-5-7-16(8-6-15)23-26-12-11-21(28-23)27-19-4-2-3-17-18(19)13-30(25(17)34)20-9-10-22(32)29-24(20)33/h2-8,11-12,20H,9-10,13H2,1H3,(H,26,27,28)(H,29,32,33). The van der Waals surface area contributed by atoms with E-state index in [4.69, 9.17) is 0 Å². The minimum Gasteiger partial charge on any atom is -0.340 e. The van der Waals surface area contributed by atoms with Gasteiger partial charge in [-0.25, -0.2) is 9.97 Å². The number of hydrogen-bond donors (Lipinski definition) is 2. The highest BCUT2D eigenvalue weighted by Gasteiger charge is 2.39. The number of nitrogens with one attached hydrogen (secondary N) is 2. The number of fused-ring (bicyclic) bond motifs is 1. The number of Topliss-reactive ketones (excluding diaryl/α,β-unsaturated/α-hetero) is 1. The fourth-order valence-corrected chi connectivity index (χ4v) is 4.26. The Hall–Kier alpha value is -4.40. The molecule has 1 unspecified atom stereocenters. The van der Waals surface area contributed by atoms with Crippen LogP contribution in [0.3, 0.4) is 0 Å². The van der Waals surface area contributed by atoms with Gasteiger partial charge in [-0.15, -0.1) is 0 Å². The Balaban J connectivity index is 1.39. The van der Waals surface area contributed by atoms with Crippen molar-refractivity contribution in [2.45, 2.75) is 32.4 Å². The van der Waals surface area contributed by atoms with E-state index in [2.05, 4.69) is 20.6 Å². The first-order valence-corrected chi connectivity index (χ1v) is 10.9. The summed E-state index contributed by atoms with van der Waals surface area (Å²) in [5, 5.41) is 5.58. The van der Waals surface area contributed by atoms with Crippen LogP contribution in [-0.2, 0) is 16.1 Å². The molecule has 3 heterocycles. The largest absolute Gasteiger partial charge is 0.340 e. The summed E-state index contributed by atoms with van der Waals surface area (Å²) in [6.07, 6.45) is 2.15. The zero-order valence-corrected chi connectivity index (χ0v) is 18.4. The van der Waals surface area contributed by atoms with Crippen molar-refractivity contribution in [3.63, 3.8) is 0 Å². The topological polar surface area (TPSA) is 121 Å². The Morgan fingerprint density at radius 1 is 1.09 bits per heavy atom. The fourth-order valence-electron chi connectivity index (χ4n) is 4.26. The molecule has 1 aromatic heterocycles. The highest BCUT2D eigenvalue weighted by molar-refractivity contribution is 6.06. The Morgan fingerprint density at radius 3 is 2.62 bits per heavy atom. The van der Waals surface area contributed by atoms with E-state index in [0.29, 0.717) is 34.9 Å². The number of imide groups is 1. The second kappa shape index (κ2) is 8.51. The molecule has 0 spiro atoms. The predicted octanol–water partition coefficient (Wildman–Crippen LogP) is 2.85. The van der Waals surface area contributed by atoms with E-state index in [1.807, 2.05) is 6.07 Å². The molecule has 2 aliphatic heterocycles. The first-order chi connectivity index (χ1) is 16.4. The number of nitrogens with zero attached hydrogens (tertiary/aromatic N) is 3. The lowest BCUT2D eigenvalue weighted by Crippen LogP contribution is -2.52. The van der Waals surface area contributed by atoms with Gasteiger partial charge < -0.3 is 10.2 Å². The van der Waals surface area contributed by atoms with Crippen molar-refractivity contribution >= 4 is 35.0 Å². The summed E-state index contributed by atoms with van der Waals surface area (Å²) in [5.74, 6) is 0.0325. The van der Waals surface area contributed by atoms with Gasteiger partial charge in [0.2, 0.25) is 11.8 Å². The molecule has 2 N–H and O–H groups in total. The van der Waals surface area contributed by atoms with Crippen LogP contribution < -0.4 is 10.6 Å². The van der Waals surface area contributed by atoms with Gasteiger partial charge in [-0.05, 0) is 31.5 Å². The van der Waals surface area contributed by atoms with Crippen LogP contribution in [0, 0.1) is 0 Å². The van der Waals surface area contributed by atoms with E-state index < -0.39 is 11.9 Å². The molecule has 170 valence electrons.